The molecule has 1 aliphatic heterocycles. The van der Waals surface area contributed by atoms with Gasteiger partial charge < -0.3 is 14.5 Å². The number of hydrogen-bond acceptors (Lipinski definition) is 7. The van der Waals surface area contributed by atoms with Gasteiger partial charge in [-0.05, 0) is 31.5 Å². The van der Waals surface area contributed by atoms with E-state index >= 15 is 0 Å². The van der Waals surface area contributed by atoms with E-state index in [1.165, 1.54) is 5.69 Å². The second kappa shape index (κ2) is 9.27. The van der Waals surface area contributed by atoms with E-state index in [0.717, 1.165) is 24.8 Å². The molecule has 0 bridgehead atoms. The predicted octanol–water partition coefficient (Wildman–Crippen LogP) is 2.74. The molecule has 1 saturated heterocycles. The number of nitrogens with one attached hydrogen (secondary N) is 1. The highest BCUT2D eigenvalue weighted by Crippen LogP contribution is 2.18. The predicted molar refractivity (Wildman–Crippen MR) is 106 cm³/mol. The fourth-order valence-electron chi connectivity index (χ4n) is 2.93. The lowest BCUT2D eigenvalue weighted by Crippen LogP contribution is -2.37. The average Bonchev–Trinajstić information content (AvgIpc) is 2.72. The summed E-state index contributed by atoms with van der Waals surface area (Å²) < 4.78 is 19.3. The number of ether oxygens (including phenoxy) is 1. The standard InChI is InChI=1S/C19H25FN6O/c1-3-25(4-2)16-7-5-15(6-8-16)13-22-24-19-21-14-17(20)18(23-19)26-9-11-27-12-10-26/h5-8,13-14H,3-4,9-12H2,1-2H3,(H,21,23,24)/b22-13+. The molecule has 0 spiro atoms. The van der Waals surface area contributed by atoms with Crippen LogP contribution in [0, 0.1) is 5.82 Å². The van der Waals surface area contributed by atoms with Crippen molar-refractivity contribution in [1.29, 1.82) is 0 Å². The van der Waals surface area contributed by atoms with Crippen LogP contribution in [0.5, 0.6) is 0 Å². The lowest BCUT2D eigenvalue weighted by molar-refractivity contribution is 0.122. The maximum Gasteiger partial charge on any atom is 0.245 e. The van der Waals surface area contributed by atoms with Gasteiger partial charge in [-0.3, -0.25) is 0 Å². The molecule has 0 radical (unpaired) electrons. The highest BCUT2D eigenvalue weighted by atomic mass is 19.1. The first-order valence-electron chi connectivity index (χ1n) is 9.20. The van der Waals surface area contributed by atoms with Crippen molar-refractivity contribution in [3.05, 3.63) is 41.8 Å². The molecule has 27 heavy (non-hydrogen) atoms. The molecule has 0 aliphatic carbocycles. The van der Waals surface area contributed by atoms with Gasteiger partial charge in [0.1, 0.15) is 0 Å². The van der Waals surface area contributed by atoms with Gasteiger partial charge in [-0.15, -0.1) is 0 Å². The van der Waals surface area contributed by atoms with E-state index in [9.17, 15) is 4.39 Å². The molecule has 1 aromatic heterocycles. The fourth-order valence-corrected chi connectivity index (χ4v) is 2.93. The van der Waals surface area contributed by atoms with Gasteiger partial charge in [0.15, 0.2) is 11.6 Å². The van der Waals surface area contributed by atoms with Crippen molar-refractivity contribution in [3.8, 4) is 0 Å². The Morgan fingerprint density at radius 1 is 1.22 bits per heavy atom. The van der Waals surface area contributed by atoms with E-state index in [0.29, 0.717) is 26.3 Å². The van der Waals surface area contributed by atoms with Crippen molar-refractivity contribution in [2.75, 3.05) is 54.6 Å². The Labute approximate surface area is 158 Å². The molecule has 144 valence electrons. The molecular formula is C19H25FN6O. The maximum atomic E-state index is 14.0. The molecule has 1 aromatic carbocycles. The minimum Gasteiger partial charge on any atom is -0.378 e. The smallest absolute Gasteiger partial charge is 0.245 e. The first-order valence-corrected chi connectivity index (χ1v) is 9.20. The van der Waals surface area contributed by atoms with E-state index in [-0.39, 0.29) is 11.8 Å². The topological polar surface area (TPSA) is 65.9 Å². The molecular weight excluding hydrogens is 347 g/mol. The zero-order valence-corrected chi connectivity index (χ0v) is 15.7. The third-order valence-electron chi connectivity index (χ3n) is 4.44. The van der Waals surface area contributed by atoms with Crippen LogP contribution >= 0.6 is 0 Å². The molecule has 1 aliphatic rings. The molecule has 0 amide bonds. The quantitative estimate of drug-likeness (QED) is 0.596. The Bertz CT molecular complexity index is 757. The van der Waals surface area contributed by atoms with E-state index in [2.05, 4.69) is 51.4 Å². The van der Waals surface area contributed by atoms with Crippen molar-refractivity contribution in [1.82, 2.24) is 9.97 Å². The molecule has 0 atom stereocenters. The molecule has 7 nitrogen and oxygen atoms in total. The molecule has 0 unspecified atom stereocenters. The van der Waals surface area contributed by atoms with Crippen LogP contribution in [0.3, 0.4) is 0 Å². The summed E-state index contributed by atoms with van der Waals surface area (Å²) in [7, 11) is 0. The van der Waals surface area contributed by atoms with Gasteiger partial charge in [0, 0.05) is 31.9 Å². The molecule has 3 rings (SSSR count). The second-order valence-electron chi connectivity index (χ2n) is 6.10. The molecule has 2 aromatic rings. The largest absolute Gasteiger partial charge is 0.378 e. The Kier molecular flexibility index (Phi) is 6.54. The summed E-state index contributed by atoms with van der Waals surface area (Å²) in [5, 5.41) is 4.16. The van der Waals surface area contributed by atoms with Crippen molar-refractivity contribution in [2.45, 2.75) is 13.8 Å². The van der Waals surface area contributed by atoms with E-state index in [1.807, 2.05) is 17.0 Å². The van der Waals surface area contributed by atoms with Crippen LogP contribution < -0.4 is 15.2 Å². The normalized spacial score (nSPS) is 14.6. The number of hydrogen-bond donors (Lipinski definition) is 1. The second-order valence-corrected chi connectivity index (χ2v) is 6.10. The number of morpholine rings is 1. The van der Waals surface area contributed by atoms with Crippen LogP contribution in [0.1, 0.15) is 19.4 Å². The van der Waals surface area contributed by atoms with Gasteiger partial charge in [-0.2, -0.15) is 10.1 Å². The molecule has 0 saturated carbocycles. The minimum atomic E-state index is -0.446. The summed E-state index contributed by atoms with van der Waals surface area (Å²) in [5.41, 5.74) is 4.91. The summed E-state index contributed by atoms with van der Waals surface area (Å²) in [6, 6.07) is 8.14. The van der Waals surface area contributed by atoms with Gasteiger partial charge in [0.05, 0.1) is 25.6 Å². The number of aromatic nitrogens is 2. The minimum absolute atomic E-state index is 0.258. The van der Waals surface area contributed by atoms with E-state index in [4.69, 9.17) is 4.74 Å². The highest BCUT2D eigenvalue weighted by molar-refractivity contribution is 5.80. The summed E-state index contributed by atoms with van der Waals surface area (Å²) >= 11 is 0. The fraction of sp³-hybridized carbons (Fsp3) is 0.421. The first-order chi connectivity index (χ1) is 13.2. The number of anilines is 3. The van der Waals surface area contributed by atoms with Crippen molar-refractivity contribution in [2.24, 2.45) is 5.10 Å². The van der Waals surface area contributed by atoms with Gasteiger partial charge in [-0.25, -0.2) is 14.8 Å². The summed E-state index contributed by atoms with van der Waals surface area (Å²) in [4.78, 5) is 12.3. The van der Waals surface area contributed by atoms with Crippen LogP contribution in [0.15, 0.2) is 35.6 Å². The summed E-state index contributed by atoms with van der Waals surface area (Å²) in [6.07, 6.45) is 2.85. The Balaban J connectivity index is 1.64. The number of hydrazone groups is 1. The summed E-state index contributed by atoms with van der Waals surface area (Å²) in [5.74, 6) is 0.0851. The molecule has 1 N–H and O–H groups in total. The summed E-state index contributed by atoms with van der Waals surface area (Å²) in [6.45, 7) is 8.55. The Hall–Kier alpha value is -2.74. The third kappa shape index (κ3) is 4.91. The van der Waals surface area contributed by atoms with E-state index < -0.39 is 5.82 Å². The van der Waals surface area contributed by atoms with Gasteiger partial charge in [0.2, 0.25) is 5.95 Å². The van der Waals surface area contributed by atoms with Crippen molar-refractivity contribution in [3.63, 3.8) is 0 Å². The lowest BCUT2D eigenvalue weighted by Gasteiger charge is -2.27. The zero-order chi connectivity index (χ0) is 19.1. The third-order valence-corrected chi connectivity index (χ3v) is 4.44. The molecule has 2 heterocycles. The first kappa shape index (κ1) is 19.0. The Morgan fingerprint density at radius 2 is 1.93 bits per heavy atom. The zero-order valence-electron chi connectivity index (χ0n) is 15.7. The number of nitrogens with zero attached hydrogens (tertiary/aromatic N) is 5. The highest BCUT2D eigenvalue weighted by Gasteiger charge is 2.17. The number of halogens is 1. The van der Waals surface area contributed by atoms with Crippen molar-refractivity contribution >= 4 is 23.7 Å². The van der Waals surface area contributed by atoms with E-state index in [1.54, 1.807) is 6.21 Å². The van der Waals surface area contributed by atoms with Gasteiger partial charge in [0.25, 0.3) is 0 Å². The van der Waals surface area contributed by atoms with Crippen LogP contribution in [0.25, 0.3) is 0 Å². The van der Waals surface area contributed by atoms with Crippen molar-refractivity contribution < 1.29 is 9.13 Å². The van der Waals surface area contributed by atoms with Gasteiger partial charge in [-0.1, -0.05) is 12.1 Å². The Morgan fingerprint density at radius 3 is 2.59 bits per heavy atom. The van der Waals surface area contributed by atoms with Gasteiger partial charge >= 0.3 is 0 Å². The van der Waals surface area contributed by atoms with Crippen LogP contribution in [0.2, 0.25) is 0 Å². The van der Waals surface area contributed by atoms with Crippen LogP contribution in [0.4, 0.5) is 21.8 Å². The monoisotopic (exact) mass is 372 g/mol. The number of rotatable bonds is 7. The number of benzene rings is 1. The maximum absolute atomic E-state index is 14.0. The SMILES string of the molecule is CCN(CC)c1ccc(/C=N/Nc2ncc(F)c(N3CCOCC3)n2)cc1. The van der Waals surface area contributed by atoms with Crippen LogP contribution in [-0.2, 0) is 4.74 Å². The molecule has 8 heteroatoms. The lowest BCUT2D eigenvalue weighted by atomic mass is 10.2. The van der Waals surface area contributed by atoms with Crippen LogP contribution in [-0.4, -0.2) is 55.6 Å². The molecule has 1 fully saturated rings. The average molecular weight is 372 g/mol.